The molecule has 1 saturated heterocycles. The van der Waals surface area contributed by atoms with E-state index in [0.29, 0.717) is 0 Å². The lowest BCUT2D eigenvalue weighted by Crippen LogP contribution is -2.41. The van der Waals surface area contributed by atoms with Crippen LogP contribution in [-0.2, 0) is 15.7 Å². The minimum atomic E-state index is -0.269. The molecular weight excluding hydrogens is 419 g/mol. The van der Waals surface area contributed by atoms with Crippen molar-refractivity contribution in [1.82, 2.24) is 0 Å². The van der Waals surface area contributed by atoms with Gasteiger partial charge in [-0.25, -0.2) is 0 Å². The standard InChI is InChI=1S/C26H43BO2S2/c1-6-7-8-9-10-11-12-13-14-15-16-17-18-21-19-22-23(30-21)20-24(31-22)27-28-25(2,3)26(4,5)29-27/h19-20H,6-18H2,1-5H3. The van der Waals surface area contributed by atoms with Crippen molar-refractivity contribution in [3.8, 4) is 0 Å². The molecule has 2 nitrogen and oxygen atoms in total. The number of aryl methyl sites for hydroxylation is 1. The fraction of sp³-hybridized carbons (Fsp3) is 0.769. The summed E-state index contributed by atoms with van der Waals surface area (Å²) in [4.78, 5) is 1.54. The Morgan fingerprint density at radius 1 is 0.677 bits per heavy atom. The molecule has 0 atom stereocenters. The third-order valence-electron chi connectivity index (χ3n) is 7.04. The SMILES string of the molecule is CCCCCCCCCCCCCCc1cc2sc(B3OC(C)(C)C(C)(C)O3)cc2s1. The Morgan fingerprint density at radius 2 is 1.16 bits per heavy atom. The van der Waals surface area contributed by atoms with E-state index in [9.17, 15) is 0 Å². The van der Waals surface area contributed by atoms with E-state index in [1.807, 2.05) is 22.7 Å². The van der Waals surface area contributed by atoms with E-state index in [1.54, 1.807) is 0 Å². The predicted molar refractivity (Wildman–Crippen MR) is 140 cm³/mol. The zero-order valence-electron chi connectivity index (χ0n) is 20.6. The molecule has 0 unspecified atom stereocenters. The average Bonchev–Trinajstić information content (AvgIpc) is 3.32. The summed E-state index contributed by atoms with van der Waals surface area (Å²) < 4.78 is 16.4. The smallest absolute Gasteiger partial charge is 0.399 e. The van der Waals surface area contributed by atoms with Gasteiger partial charge in [-0.3, -0.25) is 0 Å². The van der Waals surface area contributed by atoms with Gasteiger partial charge in [-0.1, -0.05) is 77.6 Å². The maximum atomic E-state index is 6.22. The van der Waals surface area contributed by atoms with Crippen molar-refractivity contribution in [2.24, 2.45) is 0 Å². The van der Waals surface area contributed by atoms with Gasteiger partial charge in [0.25, 0.3) is 0 Å². The van der Waals surface area contributed by atoms with Gasteiger partial charge in [-0.15, -0.1) is 22.7 Å². The molecule has 0 bridgehead atoms. The van der Waals surface area contributed by atoms with Crippen LogP contribution in [0.15, 0.2) is 12.1 Å². The first-order valence-corrected chi connectivity index (χ1v) is 14.3. The van der Waals surface area contributed by atoms with Gasteiger partial charge in [0.1, 0.15) is 0 Å². The highest BCUT2D eigenvalue weighted by atomic mass is 32.1. The fourth-order valence-corrected chi connectivity index (χ4v) is 6.68. The number of unbranched alkanes of at least 4 members (excludes halogenated alkanes) is 11. The van der Waals surface area contributed by atoms with E-state index in [0.717, 1.165) is 0 Å². The van der Waals surface area contributed by atoms with Crippen LogP contribution in [0.25, 0.3) is 9.40 Å². The van der Waals surface area contributed by atoms with Crippen LogP contribution in [0.5, 0.6) is 0 Å². The molecule has 2 aromatic rings. The molecule has 1 aliphatic heterocycles. The molecule has 0 aliphatic carbocycles. The van der Waals surface area contributed by atoms with Gasteiger partial charge in [0.2, 0.25) is 0 Å². The van der Waals surface area contributed by atoms with Crippen LogP contribution in [0.4, 0.5) is 0 Å². The Balaban J connectivity index is 1.31. The van der Waals surface area contributed by atoms with Crippen LogP contribution in [0, 0.1) is 0 Å². The van der Waals surface area contributed by atoms with Crippen molar-refractivity contribution in [3.05, 3.63) is 17.0 Å². The number of rotatable bonds is 14. The fourth-order valence-electron chi connectivity index (χ4n) is 4.24. The van der Waals surface area contributed by atoms with E-state index in [4.69, 9.17) is 9.31 Å². The van der Waals surface area contributed by atoms with Crippen molar-refractivity contribution in [1.29, 1.82) is 0 Å². The van der Waals surface area contributed by atoms with Crippen LogP contribution in [0.2, 0.25) is 0 Å². The van der Waals surface area contributed by atoms with Gasteiger partial charge in [0.15, 0.2) is 0 Å². The van der Waals surface area contributed by atoms with Crippen LogP contribution < -0.4 is 4.78 Å². The molecule has 2 aromatic heterocycles. The molecule has 3 rings (SSSR count). The van der Waals surface area contributed by atoms with Crippen molar-refractivity contribution < 1.29 is 9.31 Å². The minimum Gasteiger partial charge on any atom is -0.399 e. The Labute approximate surface area is 199 Å². The van der Waals surface area contributed by atoms with Crippen molar-refractivity contribution in [2.45, 2.75) is 129 Å². The lowest BCUT2D eigenvalue weighted by atomic mass is 9.88. The number of fused-ring (bicyclic) bond motifs is 1. The maximum Gasteiger partial charge on any atom is 0.505 e. The first kappa shape index (κ1) is 25.3. The highest BCUT2D eigenvalue weighted by Crippen LogP contribution is 2.38. The van der Waals surface area contributed by atoms with Crippen LogP contribution >= 0.6 is 22.7 Å². The summed E-state index contributed by atoms with van der Waals surface area (Å²) in [5.74, 6) is 0. The van der Waals surface area contributed by atoms with E-state index in [-0.39, 0.29) is 18.3 Å². The third-order valence-corrected chi connectivity index (χ3v) is 9.41. The molecule has 0 aromatic carbocycles. The molecule has 5 heteroatoms. The Morgan fingerprint density at radius 3 is 1.68 bits per heavy atom. The van der Waals surface area contributed by atoms with Crippen LogP contribution in [0.3, 0.4) is 0 Å². The predicted octanol–water partition coefficient (Wildman–Crippen LogP) is 8.51. The first-order valence-electron chi connectivity index (χ1n) is 12.7. The van der Waals surface area contributed by atoms with E-state index in [2.05, 4.69) is 46.8 Å². The second kappa shape index (κ2) is 11.7. The highest BCUT2D eigenvalue weighted by molar-refractivity contribution is 7.33. The monoisotopic (exact) mass is 462 g/mol. The molecule has 0 amide bonds. The highest BCUT2D eigenvalue weighted by Gasteiger charge is 2.52. The normalized spacial score (nSPS) is 17.8. The lowest BCUT2D eigenvalue weighted by molar-refractivity contribution is 0.00578. The molecule has 174 valence electrons. The van der Waals surface area contributed by atoms with E-state index >= 15 is 0 Å². The van der Waals surface area contributed by atoms with Crippen LogP contribution in [0.1, 0.15) is 117 Å². The molecule has 3 heterocycles. The second-order valence-corrected chi connectivity index (χ2v) is 12.6. The average molecular weight is 463 g/mol. The maximum absolute atomic E-state index is 6.22. The molecule has 0 radical (unpaired) electrons. The lowest BCUT2D eigenvalue weighted by Gasteiger charge is -2.32. The van der Waals surface area contributed by atoms with Gasteiger partial charge >= 0.3 is 7.12 Å². The minimum absolute atomic E-state index is 0.227. The Hall–Kier alpha value is -0.355. The molecule has 1 aliphatic rings. The van der Waals surface area contributed by atoms with Gasteiger partial charge < -0.3 is 9.31 Å². The van der Waals surface area contributed by atoms with Crippen molar-refractivity contribution in [3.63, 3.8) is 0 Å². The number of hydrogen-bond donors (Lipinski definition) is 0. The summed E-state index contributed by atoms with van der Waals surface area (Å²) in [6.07, 6.45) is 18.2. The van der Waals surface area contributed by atoms with Crippen molar-refractivity contribution in [2.75, 3.05) is 0 Å². The molecule has 0 spiro atoms. The Kier molecular flexibility index (Phi) is 9.52. The second-order valence-electron chi connectivity index (χ2n) is 10.3. The summed E-state index contributed by atoms with van der Waals surface area (Å²) >= 11 is 3.80. The molecule has 0 saturated carbocycles. The van der Waals surface area contributed by atoms with Crippen LogP contribution in [-0.4, -0.2) is 18.3 Å². The zero-order chi connectivity index (χ0) is 22.3. The van der Waals surface area contributed by atoms with E-state index < -0.39 is 0 Å². The molecule has 1 fully saturated rings. The molecule has 0 N–H and O–H groups in total. The van der Waals surface area contributed by atoms with Gasteiger partial charge in [-0.05, 0) is 52.7 Å². The quantitative estimate of drug-likeness (QED) is 0.207. The zero-order valence-corrected chi connectivity index (χ0v) is 22.2. The van der Waals surface area contributed by atoms with Gasteiger partial charge in [0, 0.05) is 19.1 Å². The van der Waals surface area contributed by atoms with Gasteiger partial charge in [-0.2, -0.15) is 0 Å². The molecule has 31 heavy (non-hydrogen) atoms. The number of thiophene rings is 2. The summed E-state index contributed by atoms with van der Waals surface area (Å²) in [7, 11) is -0.227. The van der Waals surface area contributed by atoms with E-state index in [1.165, 1.54) is 103 Å². The van der Waals surface area contributed by atoms with Crippen molar-refractivity contribution >= 4 is 44.0 Å². The Bertz CT molecular complexity index is 745. The summed E-state index contributed by atoms with van der Waals surface area (Å²) in [6, 6.07) is 4.69. The summed E-state index contributed by atoms with van der Waals surface area (Å²) in [5, 5.41) is 0. The first-order chi connectivity index (χ1) is 14.8. The van der Waals surface area contributed by atoms with Gasteiger partial charge in [0.05, 0.1) is 11.2 Å². The summed E-state index contributed by atoms with van der Waals surface area (Å²) in [6.45, 7) is 10.8. The molecular formula is C26H43BO2S2. The number of hydrogen-bond acceptors (Lipinski definition) is 4. The topological polar surface area (TPSA) is 18.5 Å². The summed E-state index contributed by atoms with van der Waals surface area (Å²) in [5.41, 5.74) is -0.538. The largest absolute Gasteiger partial charge is 0.505 e. The third kappa shape index (κ3) is 7.06.